The van der Waals surface area contributed by atoms with Crippen molar-refractivity contribution >= 4 is 28.4 Å². The second-order valence-corrected chi connectivity index (χ2v) is 7.22. The summed E-state index contributed by atoms with van der Waals surface area (Å²) in [6, 6.07) is 7.58. The fourth-order valence-corrected chi connectivity index (χ4v) is 3.53. The number of carbonyl (C=O) groups is 1. The smallest absolute Gasteiger partial charge is 0.277 e. The Kier molecular flexibility index (Phi) is 4.63. The molecule has 1 aliphatic rings. The number of benzene rings is 1. The molecule has 0 bridgehead atoms. The van der Waals surface area contributed by atoms with Gasteiger partial charge in [-0.15, -0.1) is 0 Å². The van der Waals surface area contributed by atoms with Crippen molar-refractivity contribution in [3.8, 4) is 11.1 Å². The quantitative estimate of drug-likeness (QED) is 0.566. The maximum absolute atomic E-state index is 12.3. The van der Waals surface area contributed by atoms with E-state index < -0.39 is 0 Å². The first kappa shape index (κ1) is 18.0. The van der Waals surface area contributed by atoms with Gasteiger partial charge in [-0.3, -0.25) is 14.6 Å². The molecule has 4 rings (SSSR count). The van der Waals surface area contributed by atoms with Crippen LogP contribution in [0, 0.1) is 0 Å². The molecule has 6 nitrogen and oxygen atoms in total. The van der Waals surface area contributed by atoms with Crippen LogP contribution in [-0.2, 0) is 10.3 Å². The van der Waals surface area contributed by atoms with Gasteiger partial charge in [-0.25, -0.2) is 5.48 Å². The largest absolute Gasteiger partial charge is 0.395 e. The number of fused-ring (bicyclic) bond motifs is 1. The van der Waals surface area contributed by atoms with Crippen LogP contribution in [0.4, 0.5) is 0 Å². The lowest BCUT2D eigenvalue weighted by atomic mass is 10.00. The molecule has 0 atom stereocenters. The SMILES string of the molecule is CCONC(=O)c1c[nH]c2cc(Cl)c(-c3ccc(C4(CO)CC4)nc3)cc12. The minimum absolute atomic E-state index is 0.119. The van der Waals surface area contributed by atoms with Crippen molar-refractivity contribution in [1.82, 2.24) is 15.4 Å². The zero-order chi connectivity index (χ0) is 19.0. The number of nitrogens with zero attached hydrogens (tertiary/aromatic N) is 1. The van der Waals surface area contributed by atoms with E-state index in [2.05, 4.69) is 15.4 Å². The van der Waals surface area contributed by atoms with E-state index >= 15 is 0 Å². The molecule has 1 aromatic carbocycles. The number of H-pyrrole nitrogens is 1. The Balaban J connectivity index is 1.71. The summed E-state index contributed by atoms with van der Waals surface area (Å²) in [5, 5.41) is 10.9. The van der Waals surface area contributed by atoms with Gasteiger partial charge in [0.25, 0.3) is 5.91 Å². The number of amides is 1. The topological polar surface area (TPSA) is 87.2 Å². The molecule has 3 aromatic rings. The monoisotopic (exact) mass is 385 g/mol. The van der Waals surface area contributed by atoms with Crippen LogP contribution in [0.5, 0.6) is 0 Å². The molecule has 1 saturated carbocycles. The molecule has 1 fully saturated rings. The molecule has 0 saturated heterocycles. The standard InChI is InChI=1S/C20H20ClN3O3/c1-2-27-24-19(26)15-10-22-17-8-16(21)13(7-14(15)17)12-3-4-18(23-9-12)20(11-25)5-6-20/h3-4,7-10,22,25H,2,5-6,11H2,1H3,(H,24,26). The van der Waals surface area contributed by atoms with Crippen LogP contribution in [0.2, 0.25) is 5.02 Å². The van der Waals surface area contributed by atoms with E-state index in [1.54, 1.807) is 25.4 Å². The zero-order valence-corrected chi connectivity index (χ0v) is 15.6. The molecule has 3 N–H and O–H groups in total. The van der Waals surface area contributed by atoms with Crippen molar-refractivity contribution in [2.75, 3.05) is 13.2 Å². The van der Waals surface area contributed by atoms with E-state index in [0.717, 1.165) is 40.6 Å². The van der Waals surface area contributed by atoms with Gasteiger partial charge in [0.05, 0.1) is 23.8 Å². The molecule has 1 amide bonds. The van der Waals surface area contributed by atoms with Crippen molar-refractivity contribution in [1.29, 1.82) is 0 Å². The molecule has 0 radical (unpaired) electrons. The third-order valence-corrected chi connectivity index (χ3v) is 5.41. The van der Waals surface area contributed by atoms with Gasteiger partial charge in [0.1, 0.15) is 0 Å². The van der Waals surface area contributed by atoms with Gasteiger partial charge < -0.3 is 10.1 Å². The number of hydroxylamine groups is 1. The maximum atomic E-state index is 12.3. The van der Waals surface area contributed by atoms with E-state index in [1.165, 1.54) is 0 Å². The maximum Gasteiger partial charge on any atom is 0.277 e. The predicted octanol–water partition coefficient (Wildman–Crippen LogP) is 3.59. The number of halogens is 1. The summed E-state index contributed by atoms with van der Waals surface area (Å²) in [5.74, 6) is -0.316. The predicted molar refractivity (Wildman–Crippen MR) is 104 cm³/mol. The highest BCUT2D eigenvalue weighted by molar-refractivity contribution is 6.34. The lowest BCUT2D eigenvalue weighted by molar-refractivity contribution is 0.0366. The number of aliphatic hydroxyl groups is 1. The summed E-state index contributed by atoms with van der Waals surface area (Å²) >= 11 is 6.47. The molecule has 7 heteroatoms. The Hall–Kier alpha value is -2.41. The van der Waals surface area contributed by atoms with Gasteiger partial charge in [0.2, 0.25) is 0 Å². The summed E-state index contributed by atoms with van der Waals surface area (Å²) in [6.07, 6.45) is 5.33. The number of aliphatic hydroxyl groups excluding tert-OH is 1. The Morgan fingerprint density at radius 3 is 2.85 bits per heavy atom. The fourth-order valence-electron chi connectivity index (χ4n) is 3.26. The Morgan fingerprint density at radius 1 is 1.41 bits per heavy atom. The highest BCUT2D eigenvalue weighted by Gasteiger charge is 2.44. The number of carbonyl (C=O) groups excluding carboxylic acids is 1. The normalized spacial score (nSPS) is 15.1. The molecule has 0 spiro atoms. The van der Waals surface area contributed by atoms with E-state index in [9.17, 15) is 9.90 Å². The Bertz CT molecular complexity index is 994. The lowest BCUT2D eigenvalue weighted by Gasteiger charge is -2.12. The molecule has 140 valence electrons. The van der Waals surface area contributed by atoms with Gasteiger partial charge in [-0.1, -0.05) is 17.7 Å². The summed E-state index contributed by atoms with van der Waals surface area (Å²) in [6.45, 7) is 2.30. The van der Waals surface area contributed by atoms with Gasteiger partial charge >= 0.3 is 0 Å². The first-order chi connectivity index (χ1) is 13.1. The number of pyridine rings is 1. The van der Waals surface area contributed by atoms with Crippen molar-refractivity contribution in [2.24, 2.45) is 0 Å². The summed E-state index contributed by atoms with van der Waals surface area (Å²) in [7, 11) is 0. The molecule has 2 heterocycles. The Morgan fingerprint density at radius 2 is 2.22 bits per heavy atom. The highest BCUT2D eigenvalue weighted by atomic mass is 35.5. The molecule has 0 aliphatic heterocycles. The second kappa shape index (κ2) is 6.96. The van der Waals surface area contributed by atoms with Crippen molar-refractivity contribution < 1.29 is 14.7 Å². The molecule has 1 aliphatic carbocycles. The summed E-state index contributed by atoms with van der Waals surface area (Å²) in [4.78, 5) is 24.9. The third kappa shape index (κ3) is 3.20. The average Bonchev–Trinajstić information content (AvgIpc) is 3.39. The first-order valence-corrected chi connectivity index (χ1v) is 9.26. The van der Waals surface area contributed by atoms with Crippen LogP contribution >= 0.6 is 11.6 Å². The van der Waals surface area contributed by atoms with E-state index in [0.29, 0.717) is 17.2 Å². The number of hydrogen-bond donors (Lipinski definition) is 3. The number of hydrogen-bond acceptors (Lipinski definition) is 4. The minimum Gasteiger partial charge on any atom is -0.395 e. The number of aromatic amines is 1. The number of rotatable bonds is 6. The van der Waals surface area contributed by atoms with Gasteiger partial charge in [-0.2, -0.15) is 0 Å². The molecular formula is C20H20ClN3O3. The van der Waals surface area contributed by atoms with Crippen LogP contribution in [0.15, 0.2) is 36.7 Å². The lowest BCUT2D eigenvalue weighted by Crippen LogP contribution is -2.23. The summed E-state index contributed by atoms with van der Waals surface area (Å²) < 4.78 is 0. The van der Waals surface area contributed by atoms with E-state index in [4.69, 9.17) is 16.4 Å². The number of aromatic nitrogens is 2. The third-order valence-electron chi connectivity index (χ3n) is 5.10. The summed E-state index contributed by atoms with van der Waals surface area (Å²) in [5.41, 5.74) is 6.05. The van der Waals surface area contributed by atoms with Crippen LogP contribution in [0.1, 0.15) is 35.8 Å². The molecule has 27 heavy (non-hydrogen) atoms. The van der Waals surface area contributed by atoms with E-state index in [-0.39, 0.29) is 17.9 Å². The number of nitrogens with one attached hydrogen (secondary N) is 2. The zero-order valence-electron chi connectivity index (χ0n) is 14.9. The van der Waals surface area contributed by atoms with Crippen molar-refractivity contribution in [2.45, 2.75) is 25.2 Å². The van der Waals surface area contributed by atoms with Crippen LogP contribution < -0.4 is 5.48 Å². The highest BCUT2D eigenvalue weighted by Crippen LogP contribution is 2.47. The Labute approximate surface area is 161 Å². The van der Waals surface area contributed by atoms with E-state index in [1.807, 2.05) is 18.2 Å². The van der Waals surface area contributed by atoms with Gasteiger partial charge in [0.15, 0.2) is 0 Å². The van der Waals surface area contributed by atoms with Crippen molar-refractivity contribution in [3.63, 3.8) is 0 Å². The fraction of sp³-hybridized carbons (Fsp3) is 0.300. The molecule has 2 aromatic heterocycles. The van der Waals surface area contributed by atoms with Crippen LogP contribution in [0.25, 0.3) is 22.0 Å². The van der Waals surface area contributed by atoms with Gasteiger partial charge in [0, 0.05) is 45.5 Å². The van der Waals surface area contributed by atoms with Gasteiger partial charge in [-0.05, 0) is 38.0 Å². The van der Waals surface area contributed by atoms with Crippen LogP contribution in [0.3, 0.4) is 0 Å². The second-order valence-electron chi connectivity index (χ2n) is 6.81. The molecule has 0 unspecified atom stereocenters. The average molecular weight is 386 g/mol. The first-order valence-electron chi connectivity index (χ1n) is 8.88. The van der Waals surface area contributed by atoms with Crippen molar-refractivity contribution in [3.05, 3.63) is 52.9 Å². The minimum atomic E-state index is -0.316. The van der Waals surface area contributed by atoms with Crippen LogP contribution in [-0.4, -0.2) is 34.2 Å². The molecular weight excluding hydrogens is 366 g/mol.